The molecular formula is C21H17IN2O7. The van der Waals surface area contributed by atoms with Gasteiger partial charge in [-0.1, -0.05) is 6.07 Å². The van der Waals surface area contributed by atoms with Crippen LogP contribution >= 0.6 is 22.6 Å². The summed E-state index contributed by atoms with van der Waals surface area (Å²) in [7, 11) is 1.46. The lowest BCUT2D eigenvalue weighted by atomic mass is 9.94. The fraction of sp³-hybridized carbons (Fsp3) is 0.0952. The van der Waals surface area contributed by atoms with E-state index in [1.54, 1.807) is 12.1 Å². The van der Waals surface area contributed by atoms with E-state index in [2.05, 4.69) is 27.6 Å². The zero-order valence-electron chi connectivity index (χ0n) is 16.1. The van der Waals surface area contributed by atoms with Gasteiger partial charge in [0.1, 0.15) is 35.1 Å². The third kappa shape index (κ3) is 4.63. The Bertz CT molecular complexity index is 1220. The maximum atomic E-state index is 12.2. The van der Waals surface area contributed by atoms with Crippen LogP contribution in [0.15, 0.2) is 47.3 Å². The number of aromatic nitrogens is 1. The number of carboxylic acid groups (broad SMARTS) is 2. The van der Waals surface area contributed by atoms with Gasteiger partial charge in [0.2, 0.25) is 0 Å². The summed E-state index contributed by atoms with van der Waals surface area (Å²) >= 11 is 2.17. The predicted molar refractivity (Wildman–Crippen MR) is 121 cm³/mol. The molecule has 5 N–H and O–H groups in total. The first-order chi connectivity index (χ1) is 14.7. The lowest BCUT2D eigenvalue weighted by Gasteiger charge is -2.15. The summed E-state index contributed by atoms with van der Waals surface area (Å²) in [4.78, 5) is 37.9. The molecule has 9 nitrogen and oxygen atoms in total. The Hall–Kier alpha value is -3.54. The average molecular weight is 536 g/mol. The third-order valence-electron chi connectivity index (χ3n) is 4.45. The van der Waals surface area contributed by atoms with Gasteiger partial charge in [-0.25, -0.2) is 9.59 Å². The Morgan fingerprint density at radius 2 is 1.71 bits per heavy atom. The fourth-order valence-electron chi connectivity index (χ4n) is 3.07. The molecule has 0 atom stereocenters. The van der Waals surface area contributed by atoms with E-state index in [4.69, 9.17) is 15.2 Å². The maximum Gasteiger partial charge on any atom is 0.342 e. The van der Waals surface area contributed by atoms with E-state index in [0.29, 0.717) is 17.1 Å². The highest BCUT2D eigenvalue weighted by molar-refractivity contribution is 14.1. The number of hydrogen-bond donors (Lipinski definition) is 4. The molecule has 1 heterocycles. The normalized spacial score (nSPS) is 10.5. The smallest absolute Gasteiger partial charge is 0.342 e. The SMILES string of the molecule is COc1ccc(-c2c(C(=O)O)c(N)[nH]c(=O)c2C(=O)O)cc1COc1ccc(I)cc1. The van der Waals surface area contributed by atoms with Gasteiger partial charge in [0, 0.05) is 14.7 Å². The summed E-state index contributed by atoms with van der Waals surface area (Å²) in [5.74, 6) is -2.44. The minimum atomic E-state index is -1.58. The number of rotatable bonds is 7. The summed E-state index contributed by atoms with van der Waals surface area (Å²) in [6.07, 6.45) is 0. The van der Waals surface area contributed by atoms with Gasteiger partial charge in [0.25, 0.3) is 5.56 Å². The molecule has 0 amide bonds. The second kappa shape index (κ2) is 9.08. The van der Waals surface area contributed by atoms with Crippen LogP contribution in [-0.4, -0.2) is 34.2 Å². The number of carboxylic acids is 2. The number of methoxy groups -OCH3 is 1. The highest BCUT2D eigenvalue weighted by atomic mass is 127. The van der Waals surface area contributed by atoms with Crippen LogP contribution in [0.4, 0.5) is 5.82 Å². The second-order valence-electron chi connectivity index (χ2n) is 6.37. The topological polar surface area (TPSA) is 152 Å². The quantitative estimate of drug-likeness (QED) is 0.336. The summed E-state index contributed by atoms with van der Waals surface area (Å²) < 4.78 is 12.2. The molecule has 0 radical (unpaired) electrons. The predicted octanol–water partition coefficient (Wildman–Crippen LogP) is 3.21. The third-order valence-corrected chi connectivity index (χ3v) is 5.17. The van der Waals surface area contributed by atoms with E-state index in [-0.39, 0.29) is 17.7 Å². The van der Waals surface area contributed by atoms with Crippen LogP contribution in [0.5, 0.6) is 11.5 Å². The fourth-order valence-corrected chi connectivity index (χ4v) is 3.43. The first kappa shape index (κ1) is 22.2. The van der Waals surface area contributed by atoms with Gasteiger partial charge in [-0.2, -0.15) is 0 Å². The zero-order valence-corrected chi connectivity index (χ0v) is 18.3. The molecule has 3 rings (SSSR count). The second-order valence-corrected chi connectivity index (χ2v) is 7.62. The molecule has 0 aliphatic heterocycles. The van der Waals surface area contributed by atoms with Crippen molar-refractivity contribution in [2.75, 3.05) is 12.8 Å². The number of ether oxygens (including phenoxy) is 2. The van der Waals surface area contributed by atoms with Gasteiger partial charge in [0.05, 0.1) is 7.11 Å². The van der Waals surface area contributed by atoms with Crippen LogP contribution in [0, 0.1) is 3.57 Å². The van der Waals surface area contributed by atoms with Gasteiger partial charge >= 0.3 is 11.9 Å². The Morgan fingerprint density at radius 3 is 2.29 bits per heavy atom. The summed E-state index contributed by atoms with van der Waals surface area (Å²) in [6, 6.07) is 11.8. The van der Waals surface area contributed by atoms with E-state index >= 15 is 0 Å². The molecule has 0 saturated heterocycles. The Morgan fingerprint density at radius 1 is 1.06 bits per heavy atom. The minimum Gasteiger partial charge on any atom is -0.496 e. The molecule has 10 heteroatoms. The van der Waals surface area contributed by atoms with Crippen LogP contribution in [-0.2, 0) is 6.61 Å². The van der Waals surface area contributed by atoms with Crippen molar-refractivity contribution < 1.29 is 29.3 Å². The first-order valence-electron chi connectivity index (χ1n) is 8.81. The standard InChI is InChI=1S/C21H17IN2O7/c1-30-14-7-2-10(8-11(14)9-31-13-5-3-12(22)4-6-13)15-16(20(26)27)18(23)24-19(25)17(15)21(28)29/h2-8H,9H2,1H3,(H,26,27)(H,28,29)(H3,23,24,25). The molecule has 0 aliphatic carbocycles. The number of nitrogens with one attached hydrogen (secondary N) is 1. The Kier molecular flexibility index (Phi) is 6.49. The van der Waals surface area contributed by atoms with E-state index in [0.717, 1.165) is 3.57 Å². The van der Waals surface area contributed by atoms with Crippen molar-refractivity contribution in [1.82, 2.24) is 4.98 Å². The van der Waals surface area contributed by atoms with Crippen LogP contribution in [0.1, 0.15) is 26.3 Å². The number of nitrogens with two attached hydrogens (primary N) is 1. The van der Waals surface area contributed by atoms with Gasteiger partial charge in [-0.3, -0.25) is 4.79 Å². The summed E-state index contributed by atoms with van der Waals surface area (Å²) in [5, 5.41) is 19.2. The van der Waals surface area contributed by atoms with Gasteiger partial charge < -0.3 is 30.4 Å². The van der Waals surface area contributed by atoms with E-state index in [9.17, 15) is 24.6 Å². The highest BCUT2D eigenvalue weighted by Crippen LogP contribution is 2.33. The number of anilines is 1. The average Bonchev–Trinajstić information content (AvgIpc) is 2.71. The number of aromatic amines is 1. The van der Waals surface area contributed by atoms with Crippen molar-refractivity contribution in [2.45, 2.75) is 6.61 Å². The maximum absolute atomic E-state index is 12.2. The molecule has 0 aliphatic rings. The number of H-pyrrole nitrogens is 1. The molecule has 0 unspecified atom stereocenters. The molecule has 2 aromatic carbocycles. The number of nitrogen functional groups attached to an aromatic ring is 1. The van der Waals surface area contributed by atoms with E-state index in [1.807, 2.05) is 12.1 Å². The van der Waals surface area contributed by atoms with E-state index < -0.39 is 34.4 Å². The molecule has 31 heavy (non-hydrogen) atoms. The van der Waals surface area contributed by atoms with Crippen molar-refractivity contribution in [3.05, 3.63) is 73.1 Å². The first-order valence-corrected chi connectivity index (χ1v) is 9.88. The van der Waals surface area contributed by atoms with Crippen LogP contribution in [0.2, 0.25) is 0 Å². The van der Waals surface area contributed by atoms with Gasteiger partial charge in [0.15, 0.2) is 0 Å². The Labute approximate surface area is 189 Å². The van der Waals surface area contributed by atoms with Crippen molar-refractivity contribution >= 4 is 40.3 Å². The summed E-state index contributed by atoms with van der Waals surface area (Å²) in [6.45, 7) is 0.0566. The molecule has 0 saturated carbocycles. The number of pyridine rings is 1. The van der Waals surface area contributed by atoms with Crippen molar-refractivity contribution in [2.24, 2.45) is 0 Å². The number of carbonyl (C=O) groups is 2. The summed E-state index contributed by atoms with van der Waals surface area (Å²) in [5.41, 5.74) is 3.86. The van der Waals surface area contributed by atoms with Crippen LogP contribution in [0.25, 0.3) is 11.1 Å². The van der Waals surface area contributed by atoms with Crippen molar-refractivity contribution in [3.63, 3.8) is 0 Å². The number of halogens is 1. The molecule has 0 fully saturated rings. The van der Waals surface area contributed by atoms with Crippen LogP contribution < -0.4 is 20.8 Å². The minimum absolute atomic E-state index is 0.0566. The van der Waals surface area contributed by atoms with Gasteiger partial charge in [-0.05, 0) is 64.6 Å². The lowest BCUT2D eigenvalue weighted by Crippen LogP contribution is -2.24. The largest absolute Gasteiger partial charge is 0.496 e. The molecular weight excluding hydrogens is 519 g/mol. The number of benzene rings is 2. The zero-order chi connectivity index (χ0) is 22.7. The molecule has 160 valence electrons. The molecule has 0 bridgehead atoms. The van der Waals surface area contributed by atoms with Crippen molar-refractivity contribution in [1.29, 1.82) is 0 Å². The van der Waals surface area contributed by atoms with E-state index in [1.165, 1.54) is 25.3 Å². The highest BCUT2D eigenvalue weighted by Gasteiger charge is 2.27. The van der Waals surface area contributed by atoms with Crippen molar-refractivity contribution in [3.8, 4) is 22.6 Å². The monoisotopic (exact) mass is 536 g/mol. The molecule has 1 aromatic heterocycles. The molecule has 3 aromatic rings. The van der Waals surface area contributed by atoms with Gasteiger partial charge in [-0.15, -0.1) is 0 Å². The number of aromatic carboxylic acids is 2. The number of hydrogen-bond acceptors (Lipinski definition) is 6. The Balaban J connectivity index is 2.14. The lowest BCUT2D eigenvalue weighted by molar-refractivity contribution is 0.0695. The van der Waals surface area contributed by atoms with Crippen LogP contribution in [0.3, 0.4) is 0 Å². The molecule has 0 spiro atoms.